The number of urea groups is 1. The summed E-state index contributed by atoms with van der Waals surface area (Å²) in [5, 5.41) is 0. The smallest absolute Gasteiger partial charge is 0.287 e. The van der Waals surface area contributed by atoms with Gasteiger partial charge in [0.2, 0.25) is 0 Å². The van der Waals surface area contributed by atoms with Crippen LogP contribution in [-0.2, 0) is 16.6 Å². The minimum Gasteiger partial charge on any atom is -0.287 e. The Morgan fingerprint density at radius 1 is 0.767 bits per heavy atom. The fourth-order valence-corrected chi connectivity index (χ4v) is 4.82. The van der Waals surface area contributed by atoms with Crippen molar-refractivity contribution in [1.82, 2.24) is 0 Å². The van der Waals surface area contributed by atoms with Crippen LogP contribution in [0.1, 0.15) is 5.56 Å². The fourth-order valence-electron chi connectivity index (χ4n) is 3.22. The molecule has 0 spiro atoms. The van der Waals surface area contributed by atoms with Crippen molar-refractivity contribution < 1.29 is 30.8 Å². The first kappa shape index (κ1) is 19.9. The lowest BCUT2D eigenvalue weighted by Crippen LogP contribution is -2.51. The summed E-state index contributed by atoms with van der Waals surface area (Å²) in [6.07, 6.45) is 0. The van der Waals surface area contributed by atoms with Crippen LogP contribution in [0.2, 0.25) is 0 Å². The Hall–Kier alpha value is -3.40. The highest BCUT2D eigenvalue weighted by atomic mass is 32.2. The van der Waals surface area contributed by atoms with E-state index < -0.39 is 51.6 Å². The Kier molecular flexibility index (Phi) is 4.73. The molecular weight excluding hydrogens is 424 g/mol. The minimum absolute atomic E-state index is 0.0367. The number of fused-ring (bicyclic) bond motifs is 1. The van der Waals surface area contributed by atoms with Gasteiger partial charge in [-0.05, 0) is 42.0 Å². The maximum atomic E-state index is 14.4. The summed E-state index contributed by atoms with van der Waals surface area (Å²) in [6.45, 7) is -0.409. The molecule has 1 heterocycles. The van der Waals surface area contributed by atoms with Crippen molar-refractivity contribution in [1.29, 1.82) is 0 Å². The molecule has 0 atom stereocenters. The SMILES string of the molecule is O=C1N(Cc2cc(F)cc(F)c2)c2ccccc2S(=O)(=O)N1c1cc(F)ccc1F. The first-order valence-electron chi connectivity index (χ1n) is 8.54. The maximum absolute atomic E-state index is 14.4. The van der Waals surface area contributed by atoms with Crippen molar-refractivity contribution >= 4 is 27.4 Å². The van der Waals surface area contributed by atoms with E-state index in [2.05, 4.69) is 0 Å². The predicted octanol–water partition coefficient (Wildman–Crippen LogP) is 4.58. The number of para-hydroxylation sites is 1. The van der Waals surface area contributed by atoms with Gasteiger partial charge >= 0.3 is 6.03 Å². The number of hydrogen-bond donors (Lipinski definition) is 0. The third-order valence-electron chi connectivity index (χ3n) is 4.47. The second-order valence-electron chi connectivity index (χ2n) is 6.48. The summed E-state index contributed by atoms with van der Waals surface area (Å²) < 4.78 is 81.5. The molecule has 1 aliphatic rings. The Morgan fingerprint density at radius 3 is 2.13 bits per heavy atom. The first-order chi connectivity index (χ1) is 14.2. The van der Waals surface area contributed by atoms with Crippen molar-refractivity contribution in [2.75, 3.05) is 9.21 Å². The van der Waals surface area contributed by atoms with Crippen LogP contribution in [0.4, 0.5) is 33.7 Å². The molecule has 154 valence electrons. The van der Waals surface area contributed by atoms with Gasteiger partial charge in [0.1, 0.15) is 33.9 Å². The molecule has 0 aromatic heterocycles. The molecule has 2 amide bonds. The Morgan fingerprint density at radius 2 is 1.43 bits per heavy atom. The maximum Gasteiger partial charge on any atom is 0.343 e. The number of halogens is 4. The molecule has 0 fully saturated rings. The number of amides is 2. The number of sulfonamides is 1. The summed E-state index contributed by atoms with van der Waals surface area (Å²) in [5.74, 6) is -3.86. The lowest BCUT2D eigenvalue weighted by atomic mass is 10.2. The normalized spacial score (nSPS) is 15.3. The van der Waals surface area contributed by atoms with Crippen LogP contribution in [0.15, 0.2) is 65.6 Å². The van der Waals surface area contributed by atoms with E-state index in [-0.39, 0.29) is 20.5 Å². The largest absolute Gasteiger partial charge is 0.343 e. The molecule has 0 aliphatic carbocycles. The number of anilines is 2. The van der Waals surface area contributed by atoms with E-state index in [0.29, 0.717) is 18.2 Å². The van der Waals surface area contributed by atoms with Crippen LogP contribution in [-0.4, -0.2) is 14.4 Å². The van der Waals surface area contributed by atoms with Gasteiger partial charge in [-0.1, -0.05) is 12.1 Å². The molecule has 1 aliphatic heterocycles. The lowest BCUT2D eigenvalue weighted by Gasteiger charge is -2.36. The summed E-state index contributed by atoms with van der Waals surface area (Å²) in [7, 11) is -4.58. The van der Waals surface area contributed by atoms with Crippen molar-refractivity contribution in [2.24, 2.45) is 0 Å². The van der Waals surface area contributed by atoms with Gasteiger partial charge in [-0.15, -0.1) is 0 Å². The van der Waals surface area contributed by atoms with E-state index in [4.69, 9.17) is 0 Å². The zero-order valence-electron chi connectivity index (χ0n) is 15.0. The standard InChI is InChI=1S/C20H12F4N2O3S/c21-13-5-6-16(24)18(10-13)26-20(27)25(11-12-7-14(22)9-15(23)8-12)17-3-1-2-4-19(17)30(26,28)29/h1-10H,11H2. The molecular formula is C20H12F4N2O3S. The molecule has 0 radical (unpaired) electrons. The van der Waals surface area contributed by atoms with E-state index in [1.165, 1.54) is 24.3 Å². The summed E-state index contributed by atoms with van der Waals surface area (Å²) in [4.78, 5) is 13.7. The third kappa shape index (κ3) is 3.28. The fraction of sp³-hybridized carbons (Fsp3) is 0.0500. The van der Waals surface area contributed by atoms with Gasteiger partial charge in [-0.2, -0.15) is 4.31 Å². The van der Waals surface area contributed by atoms with E-state index in [1.807, 2.05) is 0 Å². The van der Waals surface area contributed by atoms with Crippen LogP contribution in [0.25, 0.3) is 0 Å². The molecule has 3 aromatic carbocycles. The van der Waals surface area contributed by atoms with Crippen LogP contribution in [0.5, 0.6) is 0 Å². The number of hydrogen-bond acceptors (Lipinski definition) is 3. The molecule has 0 bridgehead atoms. The van der Waals surface area contributed by atoms with Gasteiger partial charge < -0.3 is 0 Å². The molecule has 30 heavy (non-hydrogen) atoms. The van der Waals surface area contributed by atoms with Gasteiger partial charge in [0.25, 0.3) is 10.0 Å². The van der Waals surface area contributed by atoms with Crippen LogP contribution in [0, 0.1) is 23.3 Å². The minimum atomic E-state index is -4.58. The van der Waals surface area contributed by atoms with Gasteiger partial charge in [0, 0.05) is 12.1 Å². The van der Waals surface area contributed by atoms with Gasteiger partial charge in [0.05, 0.1) is 12.2 Å². The first-order valence-corrected chi connectivity index (χ1v) is 9.98. The topological polar surface area (TPSA) is 57.7 Å². The highest BCUT2D eigenvalue weighted by Crippen LogP contribution is 2.39. The molecule has 0 unspecified atom stereocenters. The number of carbonyl (C=O) groups is 1. The second-order valence-corrected chi connectivity index (χ2v) is 8.23. The Bertz CT molecular complexity index is 1260. The van der Waals surface area contributed by atoms with Crippen LogP contribution in [0.3, 0.4) is 0 Å². The van der Waals surface area contributed by atoms with Crippen LogP contribution < -0.4 is 9.21 Å². The van der Waals surface area contributed by atoms with E-state index in [1.54, 1.807) is 0 Å². The molecule has 0 saturated carbocycles. The number of benzene rings is 3. The Labute approximate surface area is 168 Å². The number of nitrogens with zero attached hydrogens (tertiary/aromatic N) is 2. The van der Waals surface area contributed by atoms with Crippen molar-refractivity contribution in [3.8, 4) is 0 Å². The van der Waals surface area contributed by atoms with Gasteiger partial charge in [-0.3, -0.25) is 4.90 Å². The van der Waals surface area contributed by atoms with E-state index >= 15 is 0 Å². The van der Waals surface area contributed by atoms with Crippen molar-refractivity contribution in [3.05, 3.63) is 89.5 Å². The summed E-state index contributed by atoms with van der Waals surface area (Å²) in [5.41, 5.74) is -0.820. The van der Waals surface area contributed by atoms with Crippen LogP contribution >= 0.6 is 0 Å². The van der Waals surface area contributed by atoms with Crippen molar-refractivity contribution in [3.63, 3.8) is 0 Å². The highest BCUT2D eigenvalue weighted by Gasteiger charge is 2.43. The zero-order valence-corrected chi connectivity index (χ0v) is 15.8. The van der Waals surface area contributed by atoms with E-state index in [9.17, 15) is 30.8 Å². The highest BCUT2D eigenvalue weighted by molar-refractivity contribution is 7.94. The monoisotopic (exact) mass is 436 g/mol. The third-order valence-corrected chi connectivity index (χ3v) is 6.20. The average Bonchev–Trinajstić information content (AvgIpc) is 2.67. The molecule has 5 nitrogen and oxygen atoms in total. The summed E-state index contributed by atoms with van der Waals surface area (Å²) >= 11 is 0. The van der Waals surface area contributed by atoms with E-state index in [0.717, 1.165) is 23.1 Å². The molecule has 3 aromatic rings. The summed E-state index contributed by atoms with van der Waals surface area (Å²) in [6, 6.07) is 8.84. The lowest BCUT2D eigenvalue weighted by molar-refractivity contribution is 0.253. The quantitative estimate of drug-likeness (QED) is 0.565. The molecule has 10 heteroatoms. The molecule has 4 rings (SSSR count). The Balaban J connectivity index is 1.90. The average molecular weight is 436 g/mol. The molecule has 0 N–H and O–H groups in total. The number of carbonyl (C=O) groups excluding carboxylic acids is 1. The predicted molar refractivity (Wildman–Crippen MR) is 100 cm³/mol. The second kappa shape index (κ2) is 7.13. The molecule has 0 saturated heterocycles. The van der Waals surface area contributed by atoms with Crippen molar-refractivity contribution in [2.45, 2.75) is 11.4 Å². The zero-order chi connectivity index (χ0) is 21.6. The number of rotatable bonds is 3. The van der Waals surface area contributed by atoms with Gasteiger partial charge in [-0.25, -0.2) is 30.8 Å². The van der Waals surface area contributed by atoms with Gasteiger partial charge in [0.15, 0.2) is 0 Å².